The number of ether oxygens (including phenoxy) is 1. The normalized spacial score (nSPS) is 16.5. The molecule has 0 aromatic heterocycles. The summed E-state index contributed by atoms with van der Waals surface area (Å²) in [7, 11) is 0. The molecule has 5 heteroatoms. The zero-order valence-electron chi connectivity index (χ0n) is 17.6. The Kier molecular flexibility index (Phi) is 6.53. The molecule has 1 aliphatic heterocycles. The van der Waals surface area contributed by atoms with Gasteiger partial charge in [-0.1, -0.05) is 62.4 Å². The second-order valence-corrected chi connectivity index (χ2v) is 8.60. The lowest BCUT2D eigenvalue weighted by Gasteiger charge is -2.15. The van der Waals surface area contributed by atoms with Gasteiger partial charge in [0.25, 0.3) is 5.91 Å². The van der Waals surface area contributed by atoms with Crippen LogP contribution in [0, 0.1) is 5.92 Å². The van der Waals surface area contributed by atoms with Gasteiger partial charge in [0.1, 0.15) is 5.75 Å². The number of aliphatic imine (C=N–C) groups is 1. The van der Waals surface area contributed by atoms with Gasteiger partial charge in [-0.25, -0.2) is 4.99 Å². The Labute approximate surface area is 187 Å². The fourth-order valence-corrected chi connectivity index (χ4v) is 4.04. The minimum atomic E-state index is -0.0778. The summed E-state index contributed by atoms with van der Waals surface area (Å²) in [6.45, 7) is 4.92. The van der Waals surface area contributed by atoms with Crippen molar-refractivity contribution in [2.24, 2.45) is 10.9 Å². The van der Waals surface area contributed by atoms with Crippen LogP contribution in [0.1, 0.15) is 19.4 Å². The molecule has 4 nitrogen and oxygen atoms in total. The van der Waals surface area contributed by atoms with Gasteiger partial charge >= 0.3 is 0 Å². The number of anilines is 1. The van der Waals surface area contributed by atoms with E-state index >= 15 is 0 Å². The van der Waals surface area contributed by atoms with E-state index in [0.29, 0.717) is 22.6 Å². The molecule has 156 valence electrons. The topological polar surface area (TPSA) is 41.9 Å². The predicted octanol–water partition coefficient (Wildman–Crippen LogP) is 6.53. The van der Waals surface area contributed by atoms with E-state index in [-0.39, 0.29) is 5.91 Å². The van der Waals surface area contributed by atoms with Crippen molar-refractivity contribution in [3.05, 3.63) is 95.4 Å². The summed E-state index contributed by atoms with van der Waals surface area (Å²) in [5, 5.41) is 0.644. The first-order valence-corrected chi connectivity index (χ1v) is 11.1. The third-order valence-corrected chi connectivity index (χ3v) is 5.53. The average Bonchev–Trinajstić information content (AvgIpc) is 3.09. The van der Waals surface area contributed by atoms with E-state index in [2.05, 4.69) is 13.8 Å². The van der Waals surface area contributed by atoms with Crippen LogP contribution >= 0.6 is 11.8 Å². The molecule has 0 aliphatic carbocycles. The molecule has 3 aromatic carbocycles. The Morgan fingerprint density at radius 1 is 0.935 bits per heavy atom. The number of hydrogen-bond donors (Lipinski definition) is 0. The summed E-state index contributed by atoms with van der Waals surface area (Å²) in [6, 6.07) is 27.1. The summed E-state index contributed by atoms with van der Waals surface area (Å²) in [4.78, 5) is 20.3. The van der Waals surface area contributed by atoms with Crippen LogP contribution in [0.5, 0.6) is 5.75 Å². The van der Waals surface area contributed by atoms with Crippen molar-refractivity contribution in [2.75, 3.05) is 11.5 Å². The van der Waals surface area contributed by atoms with Crippen molar-refractivity contribution in [3.8, 4) is 5.75 Å². The zero-order valence-corrected chi connectivity index (χ0v) is 18.4. The van der Waals surface area contributed by atoms with E-state index in [4.69, 9.17) is 9.73 Å². The van der Waals surface area contributed by atoms with Crippen LogP contribution in [0.2, 0.25) is 0 Å². The largest absolute Gasteiger partial charge is 0.493 e. The minimum absolute atomic E-state index is 0.0778. The van der Waals surface area contributed by atoms with E-state index in [1.807, 2.05) is 91.0 Å². The number of thioether (sulfide) groups is 1. The number of hydrogen-bond acceptors (Lipinski definition) is 4. The zero-order chi connectivity index (χ0) is 21.6. The molecule has 0 bridgehead atoms. The Morgan fingerprint density at radius 3 is 2.23 bits per heavy atom. The molecule has 3 aromatic rings. The summed E-state index contributed by atoms with van der Waals surface area (Å²) >= 11 is 1.39. The SMILES string of the molecule is CC(C)COc1ccc(/C=C2/SC(=Nc3ccccc3)N(c3ccccc3)C2=O)cc1. The van der Waals surface area contributed by atoms with Gasteiger partial charge < -0.3 is 4.74 Å². The Bertz CT molecular complexity index is 1090. The molecule has 0 saturated carbocycles. The first-order chi connectivity index (χ1) is 15.1. The number of para-hydroxylation sites is 2. The van der Waals surface area contributed by atoms with Gasteiger partial charge in [0.05, 0.1) is 22.9 Å². The molecule has 1 amide bonds. The van der Waals surface area contributed by atoms with Crippen molar-refractivity contribution in [1.29, 1.82) is 0 Å². The maximum absolute atomic E-state index is 13.3. The van der Waals surface area contributed by atoms with E-state index < -0.39 is 0 Å². The number of amidine groups is 1. The standard InChI is InChI=1S/C26H24N2O2S/c1-19(2)18-30-23-15-13-20(14-16-23)17-24-25(29)28(22-11-7-4-8-12-22)26(31-24)27-21-9-5-3-6-10-21/h3-17,19H,18H2,1-2H3/b24-17+,27-26?. The third-order valence-electron chi connectivity index (χ3n) is 4.56. The van der Waals surface area contributed by atoms with Crippen LogP contribution in [0.3, 0.4) is 0 Å². The van der Waals surface area contributed by atoms with Gasteiger partial charge in [-0.15, -0.1) is 0 Å². The molecule has 0 radical (unpaired) electrons. The molecular formula is C26H24N2O2S. The van der Waals surface area contributed by atoms with Crippen molar-refractivity contribution in [3.63, 3.8) is 0 Å². The molecule has 0 unspecified atom stereocenters. The smallest absolute Gasteiger partial charge is 0.271 e. The number of carbonyl (C=O) groups excluding carboxylic acids is 1. The summed E-state index contributed by atoms with van der Waals surface area (Å²) in [5.74, 6) is 1.23. The molecule has 1 saturated heterocycles. The molecular weight excluding hydrogens is 404 g/mol. The molecule has 4 rings (SSSR count). The minimum Gasteiger partial charge on any atom is -0.493 e. The fraction of sp³-hybridized carbons (Fsp3) is 0.154. The molecule has 0 N–H and O–H groups in total. The number of carbonyl (C=O) groups is 1. The highest BCUT2D eigenvalue weighted by molar-refractivity contribution is 8.19. The van der Waals surface area contributed by atoms with Gasteiger partial charge in [-0.2, -0.15) is 0 Å². The number of nitrogens with zero attached hydrogens (tertiary/aromatic N) is 2. The molecule has 0 spiro atoms. The van der Waals surface area contributed by atoms with Crippen LogP contribution in [-0.4, -0.2) is 17.7 Å². The summed E-state index contributed by atoms with van der Waals surface area (Å²) in [6.07, 6.45) is 1.91. The van der Waals surface area contributed by atoms with Gasteiger partial charge in [0.15, 0.2) is 5.17 Å². The molecule has 0 atom stereocenters. The van der Waals surface area contributed by atoms with Crippen molar-refractivity contribution in [1.82, 2.24) is 0 Å². The molecule has 1 fully saturated rings. The van der Waals surface area contributed by atoms with Gasteiger partial charge in [-0.05, 0) is 65.7 Å². The lowest BCUT2D eigenvalue weighted by Crippen LogP contribution is -2.28. The van der Waals surface area contributed by atoms with Crippen molar-refractivity contribution >= 4 is 40.3 Å². The van der Waals surface area contributed by atoms with E-state index in [0.717, 1.165) is 22.7 Å². The Balaban J connectivity index is 1.63. The van der Waals surface area contributed by atoms with Crippen LogP contribution in [0.4, 0.5) is 11.4 Å². The highest BCUT2D eigenvalue weighted by Crippen LogP contribution is 2.37. The average molecular weight is 429 g/mol. The van der Waals surface area contributed by atoms with E-state index in [1.165, 1.54) is 11.8 Å². The Morgan fingerprint density at radius 2 is 1.58 bits per heavy atom. The first kappa shape index (κ1) is 20.9. The Hall–Kier alpha value is -3.31. The highest BCUT2D eigenvalue weighted by Gasteiger charge is 2.34. The quantitative estimate of drug-likeness (QED) is 0.419. The monoisotopic (exact) mass is 428 g/mol. The maximum atomic E-state index is 13.3. The fourth-order valence-electron chi connectivity index (χ4n) is 3.04. The first-order valence-electron chi connectivity index (χ1n) is 10.3. The maximum Gasteiger partial charge on any atom is 0.271 e. The van der Waals surface area contributed by atoms with Crippen LogP contribution in [0.15, 0.2) is 94.8 Å². The summed E-state index contributed by atoms with van der Waals surface area (Å²) < 4.78 is 5.75. The lowest BCUT2D eigenvalue weighted by molar-refractivity contribution is -0.113. The number of benzene rings is 3. The predicted molar refractivity (Wildman–Crippen MR) is 130 cm³/mol. The molecule has 1 heterocycles. The van der Waals surface area contributed by atoms with Gasteiger partial charge in [0, 0.05) is 0 Å². The van der Waals surface area contributed by atoms with Crippen molar-refractivity contribution < 1.29 is 9.53 Å². The lowest BCUT2D eigenvalue weighted by atomic mass is 10.2. The van der Waals surface area contributed by atoms with Crippen LogP contribution < -0.4 is 9.64 Å². The second kappa shape index (κ2) is 9.67. The number of rotatable bonds is 6. The van der Waals surface area contributed by atoms with E-state index in [1.54, 1.807) is 4.90 Å². The second-order valence-electron chi connectivity index (χ2n) is 7.59. The highest BCUT2D eigenvalue weighted by atomic mass is 32.2. The van der Waals surface area contributed by atoms with Crippen LogP contribution in [0.25, 0.3) is 6.08 Å². The molecule has 31 heavy (non-hydrogen) atoms. The third kappa shape index (κ3) is 5.25. The number of amides is 1. The van der Waals surface area contributed by atoms with Gasteiger partial charge in [-0.3, -0.25) is 9.69 Å². The van der Waals surface area contributed by atoms with Crippen molar-refractivity contribution in [2.45, 2.75) is 13.8 Å². The van der Waals surface area contributed by atoms with Gasteiger partial charge in [0.2, 0.25) is 0 Å². The summed E-state index contributed by atoms with van der Waals surface area (Å²) in [5.41, 5.74) is 2.56. The van der Waals surface area contributed by atoms with E-state index in [9.17, 15) is 4.79 Å². The van der Waals surface area contributed by atoms with Crippen LogP contribution in [-0.2, 0) is 4.79 Å². The molecule has 1 aliphatic rings.